The number of hydrogen-bond donors (Lipinski definition) is 1. The molecule has 0 fully saturated rings. The summed E-state index contributed by atoms with van der Waals surface area (Å²) in [6.45, 7) is 9.68. The lowest BCUT2D eigenvalue weighted by atomic mass is 10.1. The molecule has 0 saturated heterocycles. The van der Waals surface area contributed by atoms with Gasteiger partial charge < -0.3 is 14.8 Å². The highest BCUT2D eigenvalue weighted by Crippen LogP contribution is 2.24. The first-order valence-electron chi connectivity index (χ1n) is 6.99. The van der Waals surface area contributed by atoms with E-state index in [-0.39, 0.29) is 5.97 Å². The third-order valence-electron chi connectivity index (χ3n) is 2.99. The van der Waals surface area contributed by atoms with E-state index >= 15 is 0 Å². The highest BCUT2D eigenvalue weighted by Gasteiger charge is 2.17. The lowest BCUT2D eigenvalue weighted by Gasteiger charge is -2.18. The fourth-order valence-electron chi connectivity index (χ4n) is 1.91. The molecule has 1 aromatic carbocycles. The molecule has 112 valence electrons. The van der Waals surface area contributed by atoms with Crippen LogP contribution in [0.15, 0.2) is 18.2 Å². The Morgan fingerprint density at radius 1 is 1.30 bits per heavy atom. The smallest absolute Gasteiger partial charge is 0.346 e. The number of methoxy groups -OCH3 is 1. The number of carbonyl (C=O) groups excluding carboxylic acids is 1. The van der Waals surface area contributed by atoms with Crippen LogP contribution in [0.25, 0.3) is 0 Å². The van der Waals surface area contributed by atoms with Gasteiger partial charge >= 0.3 is 5.97 Å². The Bertz CT molecular complexity index is 443. The third-order valence-corrected chi connectivity index (χ3v) is 2.99. The molecule has 0 spiro atoms. The van der Waals surface area contributed by atoms with Crippen molar-refractivity contribution in [2.24, 2.45) is 5.92 Å². The molecule has 0 amide bonds. The molecule has 1 rings (SSSR count). The molecule has 0 aromatic heterocycles. The Balaban J connectivity index is 2.80. The van der Waals surface area contributed by atoms with Crippen molar-refractivity contribution in [2.75, 3.05) is 13.7 Å². The predicted octanol–water partition coefficient (Wildman–Crippen LogP) is 2.68. The summed E-state index contributed by atoms with van der Waals surface area (Å²) in [6, 6.07) is 5.99. The summed E-state index contributed by atoms with van der Waals surface area (Å²) >= 11 is 0. The van der Waals surface area contributed by atoms with Crippen LogP contribution in [0.3, 0.4) is 0 Å². The van der Waals surface area contributed by atoms with Crippen molar-refractivity contribution in [3.8, 4) is 5.75 Å². The van der Waals surface area contributed by atoms with Crippen molar-refractivity contribution in [1.82, 2.24) is 5.32 Å². The molecule has 4 heteroatoms. The van der Waals surface area contributed by atoms with Gasteiger partial charge in [-0.2, -0.15) is 0 Å². The molecule has 1 aromatic rings. The van der Waals surface area contributed by atoms with Crippen LogP contribution >= 0.6 is 0 Å². The standard InChI is InChI=1S/C16H25NO3/c1-11(2)9-17-10-14-8-6-7-12(3)15(14)20-13(4)16(18)19-5/h6-8,11,13,17H,9-10H2,1-5H3. The quantitative estimate of drug-likeness (QED) is 0.780. The van der Waals surface area contributed by atoms with Crippen LogP contribution in [0.1, 0.15) is 31.9 Å². The van der Waals surface area contributed by atoms with Gasteiger partial charge in [-0.25, -0.2) is 4.79 Å². The van der Waals surface area contributed by atoms with E-state index in [0.717, 1.165) is 30.0 Å². The molecule has 0 aliphatic heterocycles. The van der Waals surface area contributed by atoms with Crippen LogP contribution in [-0.4, -0.2) is 25.7 Å². The van der Waals surface area contributed by atoms with Crippen LogP contribution in [0.5, 0.6) is 5.75 Å². The van der Waals surface area contributed by atoms with Gasteiger partial charge in [-0.3, -0.25) is 0 Å². The topological polar surface area (TPSA) is 47.6 Å². The molecular formula is C16H25NO3. The second kappa shape index (κ2) is 7.90. The first-order valence-corrected chi connectivity index (χ1v) is 6.99. The average molecular weight is 279 g/mol. The number of ether oxygens (including phenoxy) is 2. The number of esters is 1. The van der Waals surface area contributed by atoms with Gasteiger partial charge in [0.05, 0.1) is 7.11 Å². The number of rotatable bonds is 7. The summed E-state index contributed by atoms with van der Waals surface area (Å²) in [5, 5.41) is 3.39. The van der Waals surface area contributed by atoms with Crippen molar-refractivity contribution in [3.63, 3.8) is 0 Å². The van der Waals surface area contributed by atoms with Gasteiger partial charge in [0.15, 0.2) is 6.10 Å². The Labute approximate surface area is 121 Å². The van der Waals surface area contributed by atoms with E-state index in [1.807, 2.05) is 25.1 Å². The lowest BCUT2D eigenvalue weighted by Crippen LogP contribution is -2.26. The van der Waals surface area contributed by atoms with E-state index < -0.39 is 6.10 Å². The summed E-state index contributed by atoms with van der Waals surface area (Å²) in [6.07, 6.45) is -0.607. The van der Waals surface area contributed by atoms with E-state index in [2.05, 4.69) is 19.2 Å². The van der Waals surface area contributed by atoms with E-state index in [0.29, 0.717) is 5.92 Å². The van der Waals surface area contributed by atoms with Crippen molar-refractivity contribution in [2.45, 2.75) is 40.3 Å². The Morgan fingerprint density at radius 3 is 2.60 bits per heavy atom. The maximum absolute atomic E-state index is 11.5. The zero-order valence-corrected chi connectivity index (χ0v) is 13.0. The van der Waals surface area contributed by atoms with E-state index in [9.17, 15) is 4.79 Å². The number of aryl methyl sites for hydroxylation is 1. The third kappa shape index (κ3) is 4.85. The Kier molecular flexibility index (Phi) is 6.52. The van der Waals surface area contributed by atoms with Gasteiger partial charge in [0.25, 0.3) is 0 Å². The first-order chi connectivity index (χ1) is 9.45. The molecule has 20 heavy (non-hydrogen) atoms. The molecule has 0 saturated carbocycles. The average Bonchev–Trinajstić information content (AvgIpc) is 2.40. The van der Waals surface area contributed by atoms with Gasteiger partial charge in [-0.15, -0.1) is 0 Å². The summed E-state index contributed by atoms with van der Waals surface area (Å²) < 4.78 is 10.5. The van der Waals surface area contributed by atoms with Crippen molar-refractivity contribution in [3.05, 3.63) is 29.3 Å². The minimum absolute atomic E-state index is 0.366. The van der Waals surface area contributed by atoms with Gasteiger partial charge in [-0.1, -0.05) is 32.0 Å². The molecular weight excluding hydrogens is 254 g/mol. The number of carbonyl (C=O) groups is 1. The molecule has 1 atom stereocenters. The maximum Gasteiger partial charge on any atom is 0.346 e. The van der Waals surface area contributed by atoms with Crippen LogP contribution in [0.4, 0.5) is 0 Å². The number of hydrogen-bond acceptors (Lipinski definition) is 4. The van der Waals surface area contributed by atoms with Crippen LogP contribution in [-0.2, 0) is 16.1 Å². The second-order valence-electron chi connectivity index (χ2n) is 5.37. The lowest BCUT2D eigenvalue weighted by molar-refractivity contribution is -0.147. The Hall–Kier alpha value is -1.55. The maximum atomic E-state index is 11.5. The van der Waals surface area contributed by atoms with Crippen LogP contribution in [0.2, 0.25) is 0 Å². The van der Waals surface area contributed by atoms with E-state index in [1.54, 1.807) is 6.92 Å². The summed E-state index contributed by atoms with van der Waals surface area (Å²) in [5.74, 6) is 0.995. The minimum atomic E-state index is -0.607. The van der Waals surface area contributed by atoms with Gasteiger partial charge in [0.2, 0.25) is 0 Å². The van der Waals surface area contributed by atoms with Crippen molar-refractivity contribution in [1.29, 1.82) is 0 Å². The van der Waals surface area contributed by atoms with E-state index in [1.165, 1.54) is 7.11 Å². The number of para-hydroxylation sites is 1. The first kappa shape index (κ1) is 16.5. The highest BCUT2D eigenvalue weighted by molar-refractivity contribution is 5.74. The zero-order chi connectivity index (χ0) is 15.1. The predicted molar refractivity (Wildman–Crippen MR) is 79.8 cm³/mol. The largest absolute Gasteiger partial charge is 0.478 e. The van der Waals surface area contributed by atoms with Gasteiger partial charge in [-0.05, 0) is 31.9 Å². The van der Waals surface area contributed by atoms with Crippen molar-refractivity contribution < 1.29 is 14.3 Å². The minimum Gasteiger partial charge on any atom is -0.478 e. The van der Waals surface area contributed by atoms with Gasteiger partial charge in [0.1, 0.15) is 5.75 Å². The Morgan fingerprint density at radius 2 is 2.00 bits per heavy atom. The highest BCUT2D eigenvalue weighted by atomic mass is 16.6. The second-order valence-corrected chi connectivity index (χ2v) is 5.37. The molecule has 0 bridgehead atoms. The summed E-state index contributed by atoms with van der Waals surface area (Å²) in [7, 11) is 1.37. The van der Waals surface area contributed by atoms with Crippen molar-refractivity contribution >= 4 is 5.97 Å². The van der Waals surface area contributed by atoms with Crippen LogP contribution < -0.4 is 10.1 Å². The molecule has 0 radical (unpaired) electrons. The zero-order valence-electron chi connectivity index (χ0n) is 13.0. The normalized spacial score (nSPS) is 12.3. The van der Waals surface area contributed by atoms with Gasteiger partial charge in [0, 0.05) is 12.1 Å². The fraction of sp³-hybridized carbons (Fsp3) is 0.562. The fourth-order valence-corrected chi connectivity index (χ4v) is 1.91. The molecule has 1 unspecified atom stereocenters. The molecule has 1 N–H and O–H groups in total. The molecule has 0 aliphatic rings. The summed E-state index contributed by atoms with van der Waals surface area (Å²) in [5.41, 5.74) is 2.08. The number of nitrogens with one attached hydrogen (secondary N) is 1. The SMILES string of the molecule is COC(=O)C(C)Oc1c(C)cccc1CNCC(C)C. The monoisotopic (exact) mass is 279 g/mol. The number of benzene rings is 1. The molecule has 0 heterocycles. The molecule has 0 aliphatic carbocycles. The van der Waals surface area contributed by atoms with E-state index in [4.69, 9.17) is 9.47 Å². The molecule has 4 nitrogen and oxygen atoms in total. The summed E-state index contributed by atoms with van der Waals surface area (Å²) in [4.78, 5) is 11.5. The van der Waals surface area contributed by atoms with Crippen LogP contribution in [0, 0.1) is 12.8 Å².